The van der Waals surface area contributed by atoms with Crippen molar-refractivity contribution in [1.29, 1.82) is 0 Å². The first-order valence-corrected chi connectivity index (χ1v) is 7.92. The fourth-order valence-corrected chi connectivity index (χ4v) is 2.21. The first-order chi connectivity index (χ1) is 12.0. The van der Waals surface area contributed by atoms with E-state index in [2.05, 4.69) is 0 Å². The molecule has 2 aromatic carbocycles. The largest absolute Gasteiger partial charge is 0.491 e. The smallest absolute Gasteiger partial charge is 0.255 e. The average molecular weight is 342 g/mol. The molecule has 2 aromatic rings. The molecule has 25 heavy (non-hydrogen) atoms. The minimum Gasteiger partial charge on any atom is -0.491 e. The summed E-state index contributed by atoms with van der Waals surface area (Å²) in [6.45, 7) is 2.59. The summed E-state index contributed by atoms with van der Waals surface area (Å²) < 4.78 is 10.9. The molecule has 2 amide bonds. The molecule has 0 unspecified atom stereocenters. The fraction of sp³-hybridized carbons (Fsp3) is 0.263. The molecule has 132 valence electrons. The highest BCUT2D eigenvalue weighted by Crippen LogP contribution is 2.17. The van der Waals surface area contributed by atoms with Crippen LogP contribution in [0.5, 0.6) is 11.5 Å². The van der Waals surface area contributed by atoms with Gasteiger partial charge in [0.1, 0.15) is 18.1 Å². The van der Waals surface area contributed by atoms with Crippen LogP contribution in [0.2, 0.25) is 0 Å². The number of hydrogen-bond donors (Lipinski definition) is 1. The first-order valence-electron chi connectivity index (χ1n) is 7.92. The molecular weight excluding hydrogens is 320 g/mol. The van der Waals surface area contributed by atoms with Crippen molar-refractivity contribution in [2.75, 3.05) is 26.8 Å². The molecule has 0 saturated carbocycles. The molecule has 2 N–H and O–H groups in total. The molecule has 0 aliphatic carbocycles. The number of rotatable bonds is 8. The topological polar surface area (TPSA) is 81.9 Å². The maximum Gasteiger partial charge on any atom is 0.255 e. The van der Waals surface area contributed by atoms with Crippen LogP contribution in [-0.4, -0.2) is 43.5 Å². The van der Waals surface area contributed by atoms with Crippen molar-refractivity contribution in [3.05, 3.63) is 59.7 Å². The Morgan fingerprint density at radius 1 is 1.08 bits per heavy atom. The molecule has 0 bridgehead atoms. The van der Waals surface area contributed by atoms with Crippen LogP contribution in [0.3, 0.4) is 0 Å². The van der Waals surface area contributed by atoms with Gasteiger partial charge in [-0.3, -0.25) is 9.59 Å². The number of aryl methyl sites for hydroxylation is 1. The Labute approximate surface area is 147 Å². The van der Waals surface area contributed by atoms with E-state index in [0.717, 1.165) is 11.3 Å². The molecule has 0 saturated heterocycles. The Morgan fingerprint density at radius 3 is 2.56 bits per heavy atom. The van der Waals surface area contributed by atoms with Crippen molar-refractivity contribution in [2.24, 2.45) is 5.73 Å². The number of carbonyl (C=O) groups is 2. The van der Waals surface area contributed by atoms with Gasteiger partial charge >= 0.3 is 0 Å². The standard InChI is InChI=1S/C19H22N2O4/c1-14-6-3-4-9-17(14)24-11-10-21(2)19(23)15-7-5-8-16(12-15)25-13-18(20)22/h3-9,12H,10-11,13H2,1-2H3,(H2,20,22). The number of primary amides is 1. The Hall–Kier alpha value is -3.02. The maximum absolute atomic E-state index is 12.5. The maximum atomic E-state index is 12.5. The summed E-state index contributed by atoms with van der Waals surface area (Å²) in [5.74, 6) is 0.513. The number of benzene rings is 2. The van der Waals surface area contributed by atoms with E-state index in [1.54, 1.807) is 36.2 Å². The van der Waals surface area contributed by atoms with E-state index in [0.29, 0.717) is 24.5 Å². The SMILES string of the molecule is Cc1ccccc1OCCN(C)C(=O)c1cccc(OCC(N)=O)c1. The molecule has 0 aliphatic heterocycles. The lowest BCUT2D eigenvalue weighted by Gasteiger charge is -2.18. The van der Waals surface area contributed by atoms with Crippen molar-refractivity contribution in [1.82, 2.24) is 4.90 Å². The Kier molecular flexibility index (Phi) is 6.39. The van der Waals surface area contributed by atoms with Crippen molar-refractivity contribution in [2.45, 2.75) is 6.92 Å². The molecule has 0 aliphatic rings. The average Bonchev–Trinajstić information content (AvgIpc) is 2.61. The van der Waals surface area contributed by atoms with Gasteiger partial charge in [-0.25, -0.2) is 0 Å². The van der Waals surface area contributed by atoms with E-state index in [-0.39, 0.29) is 12.5 Å². The minimum absolute atomic E-state index is 0.155. The summed E-state index contributed by atoms with van der Waals surface area (Å²) in [6.07, 6.45) is 0. The fourth-order valence-electron chi connectivity index (χ4n) is 2.21. The lowest BCUT2D eigenvalue weighted by atomic mass is 10.2. The van der Waals surface area contributed by atoms with E-state index in [9.17, 15) is 9.59 Å². The Morgan fingerprint density at radius 2 is 1.84 bits per heavy atom. The molecule has 0 spiro atoms. The summed E-state index contributed by atoms with van der Waals surface area (Å²) in [6, 6.07) is 14.4. The summed E-state index contributed by atoms with van der Waals surface area (Å²) in [5.41, 5.74) is 6.57. The van der Waals surface area contributed by atoms with Crippen LogP contribution in [0.4, 0.5) is 0 Å². The molecule has 6 heteroatoms. The van der Waals surface area contributed by atoms with Crippen molar-refractivity contribution < 1.29 is 19.1 Å². The van der Waals surface area contributed by atoms with Gasteiger partial charge in [0.2, 0.25) is 0 Å². The highest BCUT2D eigenvalue weighted by atomic mass is 16.5. The Bertz CT molecular complexity index is 746. The second-order valence-corrected chi connectivity index (χ2v) is 5.62. The number of likely N-dealkylation sites (N-methyl/N-ethyl adjacent to an activating group) is 1. The Balaban J connectivity index is 1.90. The van der Waals surface area contributed by atoms with E-state index < -0.39 is 5.91 Å². The number of nitrogens with zero attached hydrogens (tertiary/aromatic N) is 1. The number of hydrogen-bond acceptors (Lipinski definition) is 4. The third kappa shape index (κ3) is 5.53. The summed E-state index contributed by atoms with van der Waals surface area (Å²) in [4.78, 5) is 24.8. The summed E-state index contributed by atoms with van der Waals surface area (Å²) in [7, 11) is 1.71. The normalized spacial score (nSPS) is 10.2. The van der Waals surface area contributed by atoms with Crippen molar-refractivity contribution in [3.8, 4) is 11.5 Å². The third-order valence-corrected chi connectivity index (χ3v) is 3.59. The quantitative estimate of drug-likeness (QED) is 0.795. The molecule has 2 rings (SSSR count). The van der Waals surface area contributed by atoms with Gasteiger partial charge < -0.3 is 20.1 Å². The number of nitrogens with two attached hydrogens (primary N) is 1. The monoisotopic (exact) mass is 342 g/mol. The molecule has 0 atom stereocenters. The zero-order valence-corrected chi connectivity index (χ0v) is 14.4. The van der Waals surface area contributed by atoms with Crippen LogP contribution in [-0.2, 0) is 4.79 Å². The van der Waals surface area contributed by atoms with Crippen LogP contribution in [0.15, 0.2) is 48.5 Å². The molecule has 0 radical (unpaired) electrons. The minimum atomic E-state index is -0.567. The van der Waals surface area contributed by atoms with Crippen LogP contribution >= 0.6 is 0 Å². The summed E-state index contributed by atoms with van der Waals surface area (Å²) in [5, 5.41) is 0. The summed E-state index contributed by atoms with van der Waals surface area (Å²) >= 11 is 0. The number of para-hydroxylation sites is 1. The van der Waals surface area contributed by atoms with Gasteiger partial charge in [0, 0.05) is 12.6 Å². The lowest BCUT2D eigenvalue weighted by Crippen LogP contribution is -2.31. The van der Waals surface area contributed by atoms with Gasteiger partial charge in [-0.1, -0.05) is 24.3 Å². The van der Waals surface area contributed by atoms with Crippen LogP contribution in [0.1, 0.15) is 15.9 Å². The van der Waals surface area contributed by atoms with Crippen LogP contribution in [0, 0.1) is 6.92 Å². The molecule has 0 heterocycles. The predicted octanol–water partition coefficient (Wildman–Crippen LogP) is 2.01. The second kappa shape index (κ2) is 8.73. The number of amides is 2. The van der Waals surface area contributed by atoms with Crippen molar-refractivity contribution >= 4 is 11.8 Å². The second-order valence-electron chi connectivity index (χ2n) is 5.62. The van der Waals surface area contributed by atoms with E-state index in [1.165, 1.54) is 0 Å². The van der Waals surface area contributed by atoms with Gasteiger partial charge in [-0.05, 0) is 36.8 Å². The highest BCUT2D eigenvalue weighted by Gasteiger charge is 2.13. The third-order valence-electron chi connectivity index (χ3n) is 3.59. The number of ether oxygens (including phenoxy) is 2. The molecule has 0 fully saturated rings. The zero-order chi connectivity index (χ0) is 18.2. The first kappa shape index (κ1) is 18.3. The lowest BCUT2D eigenvalue weighted by molar-refractivity contribution is -0.119. The van der Waals surface area contributed by atoms with E-state index in [1.807, 2.05) is 31.2 Å². The molecule has 6 nitrogen and oxygen atoms in total. The van der Waals surface area contributed by atoms with Crippen LogP contribution in [0.25, 0.3) is 0 Å². The number of carbonyl (C=O) groups excluding carboxylic acids is 2. The van der Waals surface area contributed by atoms with Crippen LogP contribution < -0.4 is 15.2 Å². The van der Waals surface area contributed by atoms with Gasteiger partial charge in [-0.15, -0.1) is 0 Å². The van der Waals surface area contributed by atoms with Gasteiger partial charge in [-0.2, -0.15) is 0 Å². The zero-order valence-electron chi connectivity index (χ0n) is 14.4. The van der Waals surface area contributed by atoms with Gasteiger partial charge in [0.15, 0.2) is 6.61 Å². The molecule has 0 aromatic heterocycles. The van der Waals surface area contributed by atoms with Gasteiger partial charge in [0.05, 0.1) is 6.54 Å². The van der Waals surface area contributed by atoms with Gasteiger partial charge in [0.25, 0.3) is 11.8 Å². The van der Waals surface area contributed by atoms with E-state index in [4.69, 9.17) is 15.2 Å². The molecular formula is C19H22N2O4. The predicted molar refractivity (Wildman–Crippen MR) is 94.8 cm³/mol. The van der Waals surface area contributed by atoms with E-state index >= 15 is 0 Å². The van der Waals surface area contributed by atoms with Crippen molar-refractivity contribution in [3.63, 3.8) is 0 Å². The highest BCUT2D eigenvalue weighted by molar-refractivity contribution is 5.94.